The van der Waals surface area contributed by atoms with Gasteiger partial charge in [-0.05, 0) is 55.3 Å². The first kappa shape index (κ1) is 22.7. The van der Waals surface area contributed by atoms with Crippen molar-refractivity contribution in [1.29, 1.82) is 0 Å². The van der Waals surface area contributed by atoms with Crippen molar-refractivity contribution in [3.8, 4) is 0 Å². The summed E-state index contributed by atoms with van der Waals surface area (Å²) in [6.07, 6.45) is 1.32. The Morgan fingerprint density at radius 3 is 2.26 bits per heavy atom. The number of hydrogen-bond donors (Lipinski definition) is 2. The van der Waals surface area contributed by atoms with Crippen LogP contribution < -0.4 is 15.5 Å². The van der Waals surface area contributed by atoms with E-state index in [9.17, 15) is 14.0 Å². The molecule has 1 heterocycles. The molecule has 0 radical (unpaired) electrons. The molecular weight excluding hydrogens is 395 g/mol. The van der Waals surface area contributed by atoms with Crippen LogP contribution in [0.15, 0.2) is 48.5 Å². The van der Waals surface area contributed by atoms with Gasteiger partial charge in [-0.25, -0.2) is 4.39 Å². The number of carbonyl (C=O) groups is 2. The van der Waals surface area contributed by atoms with Gasteiger partial charge in [0.25, 0.3) is 0 Å². The third kappa shape index (κ3) is 6.52. The molecule has 166 valence electrons. The Hall–Kier alpha value is -2.93. The van der Waals surface area contributed by atoms with Gasteiger partial charge in [0.1, 0.15) is 5.82 Å². The van der Waals surface area contributed by atoms with Crippen molar-refractivity contribution >= 4 is 23.2 Å². The van der Waals surface area contributed by atoms with Crippen LogP contribution in [0.4, 0.5) is 15.8 Å². The van der Waals surface area contributed by atoms with E-state index in [2.05, 4.69) is 20.4 Å². The summed E-state index contributed by atoms with van der Waals surface area (Å²) in [6, 6.07) is 13.8. The van der Waals surface area contributed by atoms with Crippen LogP contribution in [0.2, 0.25) is 0 Å². The lowest BCUT2D eigenvalue weighted by Crippen LogP contribution is -2.53. The number of anilines is 2. The summed E-state index contributed by atoms with van der Waals surface area (Å²) in [6.45, 7) is 7.49. The third-order valence-corrected chi connectivity index (χ3v) is 5.61. The summed E-state index contributed by atoms with van der Waals surface area (Å²) < 4.78 is 13.1. The van der Waals surface area contributed by atoms with Crippen molar-refractivity contribution in [2.24, 2.45) is 0 Å². The van der Waals surface area contributed by atoms with E-state index in [1.165, 1.54) is 12.1 Å². The van der Waals surface area contributed by atoms with Crippen molar-refractivity contribution in [3.05, 3.63) is 59.9 Å². The van der Waals surface area contributed by atoms with Crippen molar-refractivity contribution in [2.45, 2.75) is 39.3 Å². The van der Waals surface area contributed by atoms with E-state index >= 15 is 0 Å². The highest BCUT2D eigenvalue weighted by molar-refractivity contribution is 5.90. The largest absolute Gasteiger partial charge is 0.369 e. The fourth-order valence-electron chi connectivity index (χ4n) is 3.68. The van der Waals surface area contributed by atoms with Crippen LogP contribution in [0, 0.1) is 5.82 Å². The molecule has 1 aliphatic heterocycles. The second-order valence-electron chi connectivity index (χ2n) is 7.89. The number of benzene rings is 2. The van der Waals surface area contributed by atoms with Gasteiger partial charge in [0, 0.05) is 50.5 Å². The molecule has 0 aromatic heterocycles. The molecule has 0 bridgehead atoms. The minimum Gasteiger partial charge on any atom is -0.369 e. The summed E-state index contributed by atoms with van der Waals surface area (Å²) in [5.74, 6) is -0.226. The first-order chi connectivity index (χ1) is 15.0. The molecule has 0 aliphatic carbocycles. The maximum Gasteiger partial charge on any atom is 0.237 e. The molecule has 31 heavy (non-hydrogen) atoms. The molecule has 0 saturated carbocycles. The van der Waals surface area contributed by atoms with Crippen LogP contribution in [0.1, 0.15) is 32.3 Å². The van der Waals surface area contributed by atoms with Crippen LogP contribution in [0.5, 0.6) is 0 Å². The number of piperazine rings is 1. The maximum atomic E-state index is 13.1. The van der Waals surface area contributed by atoms with Gasteiger partial charge in [0.15, 0.2) is 0 Å². The normalized spacial score (nSPS) is 15.4. The fraction of sp³-hybridized carbons (Fsp3) is 0.417. The van der Waals surface area contributed by atoms with E-state index < -0.39 is 0 Å². The summed E-state index contributed by atoms with van der Waals surface area (Å²) >= 11 is 0. The molecule has 2 amide bonds. The summed E-state index contributed by atoms with van der Waals surface area (Å²) in [4.78, 5) is 28.7. The number of hydrogen-bond acceptors (Lipinski definition) is 4. The number of halogens is 1. The van der Waals surface area contributed by atoms with Gasteiger partial charge >= 0.3 is 0 Å². The Labute approximate surface area is 183 Å². The average Bonchev–Trinajstić information content (AvgIpc) is 2.79. The molecular formula is C24H31FN4O2. The monoisotopic (exact) mass is 426 g/mol. The highest BCUT2D eigenvalue weighted by Gasteiger charge is 2.25. The maximum absolute atomic E-state index is 13.1. The van der Waals surface area contributed by atoms with Crippen molar-refractivity contribution < 1.29 is 14.0 Å². The number of nitrogens with zero attached hydrogens (tertiary/aromatic N) is 2. The molecule has 1 atom stereocenters. The number of nitrogens with one attached hydrogen (secondary N) is 2. The summed E-state index contributed by atoms with van der Waals surface area (Å²) in [5.41, 5.74) is 2.75. The minimum atomic E-state index is -0.233. The number of amides is 2. The van der Waals surface area contributed by atoms with Gasteiger partial charge < -0.3 is 15.5 Å². The van der Waals surface area contributed by atoms with Crippen LogP contribution >= 0.6 is 0 Å². The number of carbonyl (C=O) groups excluding carboxylic acids is 2. The predicted octanol–water partition coefficient (Wildman–Crippen LogP) is 3.39. The molecule has 3 rings (SSSR count). The smallest absolute Gasteiger partial charge is 0.237 e. The summed E-state index contributed by atoms with van der Waals surface area (Å²) in [5, 5.41) is 5.86. The topological polar surface area (TPSA) is 64.7 Å². The van der Waals surface area contributed by atoms with Crippen LogP contribution in [0.25, 0.3) is 0 Å². The van der Waals surface area contributed by atoms with Crippen LogP contribution in [-0.2, 0) is 16.1 Å². The lowest BCUT2D eigenvalue weighted by atomic mass is 10.1. The van der Waals surface area contributed by atoms with E-state index in [-0.39, 0.29) is 23.7 Å². The lowest BCUT2D eigenvalue weighted by Gasteiger charge is -2.38. The molecule has 1 unspecified atom stereocenters. The van der Waals surface area contributed by atoms with E-state index in [0.717, 1.165) is 49.5 Å². The Morgan fingerprint density at radius 1 is 1.00 bits per heavy atom. The zero-order valence-corrected chi connectivity index (χ0v) is 18.2. The molecule has 1 saturated heterocycles. The molecule has 1 fully saturated rings. The molecule has 1 aliphatic rings. The van der Waals surface area contributed by atoms with Crippen LogP contribution in [0.3, 0.4) is 0 Å². The molecule has 2 aromatic rings. The second kappa shape index (κ2) is 10.9. The van der Waals surface area contributed by atoms with E-state index in [1.807, 2.05) is 38.1 Å². The second-order valence-corrected chi connectivity index (χ2v) is 7.89. The van der Waals surface area contributed by atoms with Crippen molar-refractivity contribution in [3.63, 3.8) is 0 Å². The molecule has 2 aromatic carbocycles. The summed E-state index contributed by atoms with van der Waals surface area (Å²) in [7, 11) is 0. The Bertz CT molecular complexity index is 862. The Kier molecular flexibility index (Phi) is 8.00. The third-order valence-electron chi connectivity index (χ3n) is 5.61. The van der Waals surface area contributed by atoms with E-state index in [1.54, 1.807) is 12.1 Å². The Balaban J connectivity index is 1.43. The fourth-order valence-corrected chi connectivity index (χ4v) is 3.68. The van der Waals surface area contributed by atoms with Crippen molar-refractivity contribution in [1.82, 2.24) is 10.2 Å². The molecule has 2 N–H and O–H groups in total. The van der Waals surface area contributed by atoms with Gasteiger partial charge in [-0.15, -0.1) is 0 Å². The van der Waals surface area contributed by atoms with Crippen LogP contribution in [-0.4, -0.2) is 48.9 Å². The standard InChI is InChI=1S/C24H31FN4O2/c1-3-4-23(30)27-21-9-5-19(6-10-21)17-26-24(31)18(2)28-13-15-29(16-14-28)22-11-7-20(25)8-12-22/h5-12,18H,3-4,13-17H2,1-2H3,(H,26,31)(H,27,30). The van der Waals surface area contributed by atoms with E-state index in [4.69, 9.17) is 0 Å². The highest BCUT2D eigenvalue weighted by atomic mass is 19.1. The zero-order chi connectivity index (χ0) is 22.2. The first-order valence-corrected chi connectivity index (χ1v) is 10.9. The Morgan fingerprint density at radius 2 is 1.65 bits per heavy atom. The van der Waals surface area contributed by atoms with Gasteiger partial charge in [-0.2, -0.15) is 0 Å². The van der Waals surface area contributed by atoms with Gasteiger partial charge in [-0.1, -0.05) is 19.1 Å². The van der Waals surface area contributed by atoms with Gasteiger partial charge in [-0.3, -0.25) is 14.5 Å². The van der Waals surface area contributed by atoms with Gasteiger partial charge in [0.2, 0.25) is 11.8 Å². The average molecular weight is 427 g/mol. The van der Waals surface area contributed by atoms with E-state index in [0.29, 0.717) is 13.0 Å². The molecule has 0 spiro atoms. The molecule has 7 heteroatoms. The predicted molar refractivity (Wildman–Crippen MR) is 121 cm³/mol. The van der Waals surface area contributed by atoms with Gasteiger partial charge in [0.05, 0.1) is 6.04 Å². The zero-order valence-electron chi connectivity index (χ0n) is 18.2. The quantitative estimate of drug-likeness (QED) is 0.679. The number of rotatable bonds is 8. The minimum absolute atomic E-state index is 0.00411. The first-order valence-electron chi connectivity index (χ1n) is 10.9. The lowest BCUT2D eigenvalue weighted by molar-refractivity contribution is -0.126. The molecule has 6 nitrogen and oxygen atoms in total. The highest BCUT2D eigenvalue weighted by Crippen LogP contribution is 2.18. The SMILES string of the molecule is CCCC(=O)Nc1ccc(CNC(=O)C(C)N2CCN(c3ccc(F)cc3)CC2)cc1. The van der Waals surface area contributed by atoms with Crippen molar-refractivity contribution in [2.75, 3.05) is 36.4 Å².